The molecule has 0 radical (unpaired) electrons. The summed E-state index contributed by atoms with van der Waals surface area (Å²) in [6.45, 7) is 4.79. The van der Waals surface area contributed by atoms with Gasteiger partial charge in [-0.15, -0.1) is 0 Å². The fraction of sp³-hybridized carbons (Fsp3) is 0.471. The number of hydrogen-bond acceptors (Lipinski definition) is 4. The molecule has 0 aliphatic carbocycles. The van der Waals surface area contributed by atoms with Crippen LogP contribution in [0.4, 0.5) is 0 Å². The van der Waals surface area contributed by atoms with Gasteiger partial charge in [-0.3, -0.25) is 13.8 Å². The molecule has 1 aromatic carbocycles. The maximum atomic E-state index is 12.3. The van der Waals surface area contributed by atoms with E-state index in [9.17, 15) is 23.7 Å². The first kappa shape index (κ1) is 20.8. The average molecular weight is 368 g/mol. The molecule has 0 spiro atoms. The van der Waals surface area contributed by atoms with Gasteiger partial charge < -0.3 is 15.7 Å². The third-order valence-electron chi connectivity index (χ3n) is 3.52. The third kappa shape index (κ3) is 7.04. The van der Waals surface area contributed by atoms with Crippen LogP contribution < -0.4 is 10.6 Å². The Morgan fingerprint density at radius 2 is 1.72 bits per heavy atom. The number of carbonyl (C=O) groups is 3. The van der Waals surface area contributed by atoms with Crippen LogP contribution in [0.5, 0.6) is 0 Å². The predicted octanol–water partition coefficient (Wildman–Crippen LogP) is 0.914. The van der Waals surface area contributed by atoms with E-state index >= 15 is 0 Å². The topological polar surface area (TPSA) is 113 Å². The summed E-state index contributed by atoms with van der Waals surface area (Å²) >= 11 is 0. The molecule has 1 aromatic rings. The lowest BCUT2D eigenvalue weighted by molar-refractivity contribution is -0.142. The normalized spacial score (nSPS) is 14.4. The molecule has 0 fully saturated rings. The molecule has 3 atom stereocenters. The van der Waals surface area contributed by atoms with Crippen LogP contribution in [0.3, 0.4) is 0 Å². The molecule has 0 aromatic heterocycles. The maximum Gasteiger partial charge on any atom is 0.326 e. The zero-order valence-corrected chi connectivity index (χ0v) is 15.3. The molecule has 0 saturated heterocycles. The second-order valence-corrected chi connectivity index (χ2v) is 7.54. The van der Waals surface area contributed by atoms with Gasteiger partial charge in [0.15, 0.2) is 0 Å². The molecular weight excluding hydrogens is 344 g/mol. The molecule has 0 aliphatic rings. The molecule has 0 aliphatic heterocycles. The SMILES string of the molecule is CC(=O)N[C@@H](C(=O)N[C@H](CC[S@@](=O)c1ccccc1)C(=O)O)C(C)C. The molecule has 0 saturated carbocycles. The standard InChI is InChI=1S/C17H24N2O5S/c1-11(2)15(18-12(3)20)16(21)19-14(17(22)23)9-10-25(24)13-7-5-4-6-8-13/h4-8,11,14-15H,9-10H2,1-3H3,(H,18,20)(H,19,21)(H,22,23)/t14-,15-,25-/m1/s1. The van der Waals surface area contributed by atoms with E-state index in [1.165, 1.54) is 6.92 Å². The molecule has 0 heterocycles. The Bertz CT molecular complexity index is 633. The van der Waals surface area contributed by atoms with Crippen molar-refractivity contribution in [3.05, 3.63) is 30.3 Å². The van der Waals surface area contributed by atoms with Crippen LogP contribution in [0, 0.1) is 5.92 Å². The number of carbonyl (C=O) groups excluding carboxylic acids is 2. The molecular formula is C17H24N2O5S. The Kier molecular flexibility index (Phi) is 8.27. The van der Waals surface area contributed by atoms with E-state index in [1.54, 1.807) is 44.2 Å². The zero-order chi connectivity index (χ0) is 19.0. The first-order valence-corrected chi connectivity index (χ1v) is 9.28. The Balaban J connectivity index is 2.70. The van der Waals surface area contributed by atoms with Crippen molar-refractivity contribution in [2.24, 2.45) is 5.92 Å². The summed E-state index contributed by atoms with van der Waals surface area (Å²) in [4.78, 5) is 35.5. The van der Waals surface area contributed by atoms with Crippen molar-refractivity contribution >= 4 is 28.6 Å². The highest BCUT2D eigenvalue weighted by Crippen LogP contribution is 2.09. The summed E-state index contributed by atoms with van der Waals surface area (Å²) in [5, 5.41) is 14.2. The van der Waals surface area contributed by atoms with Crippen molar-refractivity contribution in [2.45, 2.75) is 44.2 Å². The van der Waals surface area contributed by atoms with Gasteiger partial charge in [0, 0.05) is 17.6 Å². The molecule has 2 amide bonds. The van der Waals surface area contributed by atoms with E-state index in [4.69, 9.17) is 0 Å². The van der Waals surface area contributed by atoms with Gasteiger partial charge >= 0.3 is 5.97 Å². The van der Waals surface area contributed by atoms with Crippen LogP contribution in [0.1, 0.15) is 27.2 Å². The van der Waals surface area contributed by atoms with Gasteiger partial charge in [-0.25, -0.2) is 4.79 Å². The first-order valence-electron chi connectivity index (χ1n) is 7.96. The monoisotopic (exact) mass is 368 g/mol. The van der Waals surface area contributed by atoms with Gasteiger partial charge in [0.05, 0.1) is 10.8 Å². The van der Waals surface area contributed by atoms with E-state index in [0.717, 1.165) is 0 Å². The summed E-state index contributed by atoms with van der Waals surface area (Å²) in [6, 6.07) is 6.73. The van der Waals surface area contributed by atoms with E-state index in [0.29, 0.717) is 4.90 Å². The number of aliphatic carboxylic acids is 1. The number of hydrogen-bond donors (Lipinski definition) is 3. The van der Waals surface area contributed by atoms with Crippen LogP contribution >= 0.6 is 0 Å². The second-order valence-electron chi connectivity index (χ2n) is 5.97. The molecule has 1 rings (SSSR count). The Labute approximate surface area is 149 Å². The van der Waals surface area contributed by atoms with Gasteiger partial charge in [0.2, 0.25) is 11.8 Å². The van der Waals surface area contributed by atoms with Crippen LogP contribution in [-0.4, -0.2) is 44.9 Å². The Hall–Kier alpha value is -2.22. The van der Waals surface area contributed by atoms with Crippen molar-refractivity contribution in [2.75, 3.05) is 5.75 Å². The van der Waals surface area contributed by atoms with Crippen LogP contribution in [-0.2, 0) is 25.2 Å². The largest absolute Gasteiger partial charge is 0.480 e. The van der Waals surface area contributed by atoms with Crippen molar-refractivity contribution in [3.63, 3.8) is 0 Å². The lowest BCUT2D eigenvalue weighted by Crippen LogP contribution is -2.53. The average Bonchev–Trinajstić information content (AvgIpc) is 2.56. The summed E-state index contributed by atoms with van der Waals surface area (Å²) in [7, 11) is -1.35. The van der Waals surface area contributed by atoms with Gasteiger partial charge in [-0.1, -0.05) is 32.0 Å². The third-order valence-corrected chi connectivity index (χ3v) is 4.92. The lowest BCUT2D eigenvalue weighted by atomic mass is 10.0. The Morgan fingerprint density at radius 1 is 1.12 bits per heavy atom. The summed E-state index contributed by atoms with van der Waals surface area (Å²) in [5.74, 6) is -2.23. The number of benzene rings is 1. The molecule has 25 heavy (non-hydrogen) atoms. The Morgan fingerprint density at radius 3 is 2.20 bits per heavy atom. The van der Waals surface area contributed by atoms with Crippen LogP contribution in [0.25, 0.3) is 0 Å². The molecule has 8 heteroatoms. The quantitative estimate of drug-likeness (QED) is 0.600. The summed E-state index contributed by atoms with van der Waals surface area (Å²) in [6.07, 6.45) is 0.0213. The number of amides is 2. The highest BCUT2D eigenvalue weighted by molar-refractivity contribution is 7.85. The zero-order valence-electron chi connectivity index (χ0n) is 14.5. The van der Waals surface area contributed by atoms with E-state index in [-0.39, 0.29) is 24.0 Å². The summed E-state index contributed by atoms with van der Waals surface area (Å²) < 4.78 is 12.2. The maximum absolute atomic E-state index is 12.3. The number of rotatable bonds is 9. The molecule has 0 unspecified atom stereocenters. The van der Waals surface area contributed by atoms with Crippen molar-refractivity contribution in [1.29, 1.82) is 0 Å². The van der Waals surface area contributed by atoms with E-state index < -0.39 is 34.8 Å². The van der Waals surface area contributed by atoms with Gasteiger partial charge in [-0.2, -0.15) is 0 Å². The number of nitrogens with one attached hydrogen (secondary N) is 2. The highest BCUT2D eigenvalue weighted by Gasteiger charge is 2.28. The summed E-state index contributed by atoms with van der Waals surface area (Å²) in [5.41, 5.74) is 0. The van der Waals surface area contributed by atoms with Crippen molar-refractivity contribution < 1.29 is 23.7 Å². The van der Waals surface area contributed by atoms with Crippen molar-refractivity contribution in [3.8, 4) is 0 Å². The number of carboxylic acids is 1. The minimum Gasteiger partial charge on any atom is -0.480 e. The van der Waals surface area contributed by atoms with Crippen LogP contribution in [0.15, 0.2) is 35.2 Å². The van der Waals surface area contributed by atoms with E-state index in [2.05, 4.69) is 10.6 Å². The smallest absolute Gasteiger partial charge is 0.326 e. The van der Waals surface area contributed by atoms with Gasteiger partial charge in [0.25, 0.3) is 0 Å². The molecule has 3 N–H and O–H groups in total. The van der Waals surface area contributed by atoms with Gasteiger partial charge in [-0.05, 0) is 24.5 Å². The fourth-order valence-electron chi connectivity index (χ4n) is 2.19. The second kappa shape index (κ2) is 9.93. The molecule has 138 valence electrons. The van der Waals surface area contributed by atoms with E-state index in [1.807, 2.05) is 0 Å². The predicted molar refractivity (Wildman–Crippen MR) is 94.3 cm³/mol. The van der Waals surface area contributed by atoms with Crippen LogP contribution in [0.2, 0.25) is 0 Å². The minimum atomic E-state index is -1.35. The van der Waals surface area contributed by atoms with Crippen molar-refractivity contribution in [1.82, 2.24) is 10.6 Å². The van der Waals surface area contributed by atoms with Gasteiger partial charge in [0.1, 0.15) is 12.1 Å². The first-order chi connectivity index (χ1) is 11.7. The lowest BCUT2D eigenvalue weighted by Gasteiger charge is -2.23. The molecule has 0 bridgehead atoms. The number of carboxylic acid groups (broad SMARTS) is 1. The highest BCUT2D eigenvalue weighted by atomic mass is 32.2. The molecule has 7 nitrogen and oxygen atoms in total. The fourth-order valence-corrected chi connectivity index (χ4v) is 3.33. The minimum absolute atomic E-state index is 0.0213.